The molecule has 1 amide bonds. The van der Waals surface area contributed by atoms with Crippen molar-refractivity contribution >= 4 is 56.4 Å². The van der Waals surface area contributed by atoms with Gasteiger partial charge in [-0.15, -0.1) is 0 Å². The lowest BCUT2D eigenvalue weighted by atomic mass is 10.1. The fourth-order valence-corrected chi connectivity index (χ4v) is 2.75. The van der Waals surface area contributed by atoms with Gasteiger partial charge in [0.15, 0.2) is 0 Å². The van der Waals surface area contributed by atoms with Crippen molar-refractivity contribution < 1.29 is 4.79 Å². The number of carbonyl (C=O) groups excluding carboxylic acids is 1. The summed E-state index contributed by atoms with van der Waals surface area (Å²) >= 11 is 15.4. The first-order valence-corrected chi connectivity index (χ1v) is 7.24. The lowest BCUT2D eigenvalue weighted by Crippen LogP contribution is -2.27. The van der Waals surface area contributed by atoms with Crippen LogP contribution in [-0.4, -0.2) is 13.0 Å². The molecule has 0 atom stereocenters. The monoisotopic (exact) mass is 372 g/mol. The molecule has 6 heteroatoms. The molecule has 2 aromatic carbocycles. The molecule has 0 aromatic heterocycles. The van der Waals surface area contributed by atoms with E-state index in [4.69, 9.17) is 28.9 Å². The quantitative estimate of drug-likeness (QED) is 0.781. The van der Waals surface area contributed by atoms with Gasteiger partial charge in [0, 0.05) is 11.5 Å². The third-order valence-electron chi connectivity index (χ3n) is 2.83. The fraction of sp³-hybridized carbons (Fsp3) is 0.0714. The van der Waals surface area contributed by atoms with Gasteiger partial charge in [0.2, 0.25) is 0 Å². The number of hydrogen-bond donors (Lipinski definition) is 1. The largest absolute Gasteiger partial charge is 0.397 e. The van der Waals surface area contributed by atoms with Crippen LogP contribution in [0.2, 0.25) is 10.0 Å². The van der Waals surface area contributed by atoms with Gasteiger partial charge >= 0.3 is 0 Å². The number of nitrogens with zero attached hydrogens (tertiary/aromatic N) is 1. The van der Waals surface area contributed by atoms with Crippen molar-refractivity contribution in [1.82, 2.24) is 0 Å². The van der Waals surface area contributed by atoms with Gasteiger partial charge < -0.3 is 10.6 Å². The Hall–Kier alpha value is -1.23. The van der Waals surface area contributed by atoms with E-state index in [1.165, 1.54) is 4.90 Å². The number of halogens is 3. The van der Waals surface area contributed by atoms with Crippen LogP contribution in [0.3, 0.4) is 0 Å². The van der Waals surface area contributed by atoms with Crippen LogP contribution in [-0.2, 0) is 0 Å². The smallest absolute Gasteiger partial charge is 0.261 e. The van der Waals surface area contributed by atoms with E-state index in [9.17, 15) is 4.79 Å². The Balaban J connectivity index is 2.43. The molecule has 2 aromatic rings. The molecule has 0 radical (unpaired) electrons. The number of nitrogen functional groups attached to an aromatic ring is 1. The average molecular weight is 374 g/mol. The van der Waals surface area contributed by atoms with Gasteiger partial charge in [-0.2, -0.15) is 0 Å². The topological polar surface area (TPSA) is 46.3 Å². The standard InChI is InChI=1S/C14H11BrCl2N2O/c1-19(12-6-5-8(15)7-11(12)18)14(20)13-9(16)3-2-4-10(13)17/h2-7H,18H2,1H3. The van der Waals surface area contributed by atoms with Crippen molar-refractivity contribution in [1.29, 1.82) is 0 Å². The van der Waals surface area contributed by atoms with Crippen molar-refractivity contribution in [3.8, 4) is 0 Å². The summed E-state index contributed by atoms with van der Waals surface area (Å²) in [5, 5.41) is 0.620. The van der Waals surface area contributed by atoms with Crippen molar-refractivity contribution in [3.05, 3.63) is 56.5 Å². The van der Waals surface area contributed by atoms with Crippen LogP contribution in [0.5, 0.6) is 0 Å². The normalized spacial score (nSPS) is 10.4. The van der Waals surface area contributed by atoms with E-state index in [0.29, 0.717) is 21.4 Å². The third-order valence-corrected chi connectivity index (χ3v) is 3.96. The maximum atomic E-state index is 12.5. The number of carbonyl (C=O) groups is 1. The zero-order valence-electron chi connectivity index (χ0n) is 10.5. The summed E-state index contributed by atoms with van der Waals surface area (Å²) in [5.41, 5.74) is 7.27. The molecule has 0 bridgehead atoms. The van der Waals surface area contributed by atoms with Gasteiger partial charge in [0.05, 0.1) is 27.0 Å². The molecule has 0 fully saturated rings. The second-order valence-electron chi connectivity index (χ2n) is 4.16. The van der Waals surface area contributed by atoms with Crippen LogP contribution < -0.4 is 10.6 Å². The molecule has 104 valence electrons. The van der Waals surface area contributed by atoms with E-state index in [0.717, 1.165) is 4.47 Å². The second kappa shape index (κ2) is 6.04. The highest BCUT2D eigenvalue weighted by atomic mass is 79.9. The zero-order valence-corrected chi connectivity index (χ0v) is 13.6. The molecule has 0 heterocycles. The minimum Gasteiger partial charge on any atom is -0.397 e. The molecule has 2 N–H and O–H groups in total. The van der Waals surface area contributed by atoms with E-state index in [2.05, 4.69) is 15.9 Å². The van der Waals surface area contributed by atoms with Crippen molar-refractivity contribution in [2.45, 2.75) is 0 Å². The van der Waals surface area contributed by atoms with Gasteiger partial charge in [-0.3, -0.25) is 4.79 Å². The number of benzene rings is 2. The highest BCUT2D eigenvalue weighted by Gasteiger charge is 2.20. The third kappa shape index (κ3) is 2.92. The molecule has 3 nitrogen and oxygen atoms in total. The summed E-state index contributed by atoms with van der Waals surface area (Å²) in [5.74, 6) is -0.311. The summed E-state index contributed by atoms with van der Waals surface area (Å²) in [4.78, 5) is 13.9. The Morgan fingerprint density at radius 3 is 2.35 bits per heavy atom. The molecular weight excluding hydrogens is 363 g/mol. The zero-order chi connectivity index (χ0) is 14.9. The van der Waals surface area contributed by atoms with E-state index < -0.39 is 0 Å². The highest BCUT2D eigenvalue weighted by Crippen LogP contribution is 2.30. The van der Waals surface area contributed by atoms with E-state index in [1.54, 1.807) is 37.4 Å². The Morgan fingerprint density at radius 1 is 1.20 bits per heavy atom. The summed E-state index contributed by atoms with van der Waals surface area (Å²) in [6.07, 6.45) is 0. The predicted molar refractivity (Wildman–Crippen MR) is 87.7 cm³/mol. The minimum atomic E-state index is -0.311. The summed E-state index contributed by atoms with van der Waals surface area (Å²) in [6.45, 7) is 0. The van der Waals surface area contributed by atoms with Gasteiger partial charge in [-0.25, -0.2) is 0 Å². The molecule has 0 unspecified atom stereocenters. The minimum absolute atomic E-state index is 0.264. The first kappa shape index (κ1) is 15.2. The van der Waals surface area contributed by atoms with Crippen molar-refractivity contribution in [2.75, 3.05) is 17.7 Å². The number of hydrogen-bond acceptors (Lipinski definition) is 2. The lowest BCUT2D eigenvalue weighted by Gasteiger charge is -2.20. The molecule has 20 heavy (non-hydrogen) atoms. The SMILES string of the molecule is CN(C(=O)c1c(Cl)cccc1Cl)c1ccc(Br)cc1N. The molecule has 2 rings (SSSR count). The summed E-state index contributed by atoms with van der Waals surface area (Å²) in [7, 11) is 1.63. The Kier molecular flexibility index (Phi) is 4.58. The van der Waals surface area contributed by atoms with Crippen LogP contribution in [0.1, 0.15) is 10.4 Å². The van der Waals surface area contributed by atoms with Crippen molar-refractivity contribution in [2.24, 2.45) is 0 Å². The Morgan fingerprint density at radius 2 is 1.80 bits per heavy atom. The maximum Gasteiger partial charge on any atom is 0.261 e. The van der Waals surface area contributed by atoms with Crippen LogP contribution >= 0.6 is 39.1 Å². The van der Waals surface area contributed by atoms with Gasteiger partial charge in [0.1, 0.15) is 0 Å². The molecular formula is C14H11BrCl2N2O. The number of nitrogens with two attached hydrogens (primary N) is 1. The maximum absolute atomic E-state index is 12.5. The molecule has 0 aliphatic rings. The van der Waals surface area contributed by atoms with Crippen LogP contribution in [0.4, 0.5) is 11.4 Å². The van der Waals surface area contributed by atoms with Crippen LogP contribution in [0.15, 0.2) is 40.9 Å². The van der Waals surface area contributed by atoms with Crippen molar-refractivity contribution in [3.63, 3.8) is 0 Å². The second-order valence-corrected chi connectivity index (χ2v) is 5.89. The van der Waals surface area contributed by atoms with Gasteiger partial charge in [-0.1, -0.05) is 45.2 Å². The average Bonchev–Trinajstić information content (AvgIpc) is 2.37. The molecule has 0 saturated heterocycles. The number of amides is 1. The first-order valence-electron chi connectivity index (χ1n) is 5.69. The van der Waals surface area contributed by atoms with E-state index >= 15 is 0 Å². The lowest BCUT2D eigenvalue weighted by molar-refractivity contribution is 0.0993. The Bertz CT molecular complexity index is 656. The van der Waals surface area contributed by atoms with Gasteiger partial charge in [-0.05, 0) is 30.3 Å². The Labute approximate surface area is 135 Å². The van der Waals surface area contributed by atoms with E-state index in [1.807, 2.05) is 6.07 Å². The molecule has 0 aliphatic heterocycles. The summed E-state index contributed by atoms with van der Waals surface area (Å²) in [6, 6.07) is 10.2. The molecule has 0 spiro atoms. The van der Waals surface area contributed by atoms with E-state index in [-0.39, 0.29) is 11.5 Å². The predicted octanol–water partition coefficient (Wildman–Crippen LogP) is 4.61. The van der Waals surface area contributed by atoms with Gasteiger partial charge in [0.25, 0.3) is 5.91 Å². The molecule has 0 aliphatic carbocycles. The fourth-order valence-electron chi connectivity index (χ4n) is 1.81. The number of anilines is 2. The van der Waals surface area contributed by atoms with Crippen LogP contribution in [0, 0.1) is 0 Å². The van der Waals surface area contributed by atoms with Crippen LogP contribution in [0.25, 0.3) is 0 Å². The number of rotatable bonds is 2. The first-order chi connectivity index (χ1) is 9.41. The molecule has 0 saturated carbocycles. The summed E-state index contributed by atoms with van der Waals surface area (Å²) < 4.78 is 0.843. The highest BCUT2D eigenvalue weighted by molar-refractivity contribution is 9.10.